The number of benzene rings is 1. The first kappa shape index (κ1) is 9.93. The zero-order chi connectivity index (χ0) is 10.8. The highest BCUT2D eigenvalue weighted by molar-refractivity contribution is 5.92. The normalized spacial score (nSPS) is 10.9. The molecule has 1 aromatic heterocycles. The van der Waals surface area contributed by atoms with Crippen LogP contribution >= 0.6 is 0 Å². The Hall–Kier alpha value is -1.61. The second-order valence-electron chi connectivity index (χ2n) is 3.94. The first-order valence-corrected chi connectivity index (χ1v) is 5.07. The molecule has 0 aliphatic heterocycles. The zero-order valence-corrected chi connectivity index (χ0v) is 8.99. The van der Waals surface area contributed by atoms with Crippen LogP contribution in [0.2, 0.25) is 0 Å². The van der Waals surface area contributed by atoms with Crippen LogP contribution in [-0.4, -0.2) is 4.98 Å². The van der Waals surface area contributed by atoms with E-state index in [1.807, 2.05) is 6.07 Å². The third-order valence-electron chi connectivity index (χ3n) is 2.59. The molecule has 78 valence electrons. The van der Waals surface area contributed by atoms with E-state index in [1.54, 1.807) is 6.20 Å². The topological polar surface area (TPSA) is 50.9 Å². The van der Waals surface area contributed by atoms with Crippen LogP contribution in [0.25, 0.3) is 10.8 Å². The van der Waals surface area contributed by atoms with Gasteiger partial charge in [0.15, 0.2) is 0 Å². The van der Waals surface area contributed by atoms with Crippen molar-refractivity contribution in [1.29, 1.82) is 0 Å². The van der Waals surface area contributed by atoms with Crippen LogP contribution in [0.5, 0.6) is 0 Å². The van der Waals surface area contributed by atoms with Gasteiger partial charge in [-0.2, -0.15) is 0 Å². The van der Waals surface area contributed by atoms with Crippen molar-refractivity contribution in [2.45, 2.75) is 19.8 Å². The minimum atomic E-state index is 0.514. The Kier molecular flexibility index (Phi) is 2.56. The van der Waals surface area contributed by atoms with Gasteiger partial charge >= 0.3 is 0 Å². The predicted octanol–water partition coefficient (Wildman–Crippen LogP) is 2.64. The summed E-state index contributed by atoms with van der Waals surface area (Å²) in [6, 6.07) is 8.38. The minimum Gasteiger partial charge on any atom is -0.308 e. The second kappa shape index (κ2) is 3.87. The van der Waals surface area contributed by atoms with E-state index in [4.69, 9.17) is 5.84 Å². The second-order valence-corrected chi connectivity index (χ2v) is 3.94. The number of nitrogens with one attached hydrogen (secondary N) is 1. The van der Waals surface area contributed by atoms with Crippen molar-refractivity contribution in [1.82, 2.24) is 4.98 Å². The fraction of sp³-hybridized carbons (Fsp3) is 0.250. The van der Waals surface area contributed by atoms with Crippen LogP contribution in [0.1, 0.15) is 25.3 Å². The third kappa shape index (κ3) is 1.78. The predicted molar refractivity (Wildman–Crippen MR) is 63.6 cm³/mol. The largest absolute Gasteiger partial charge is 0.308 e. The molecule has 0 unspecified atom stereocenters. The molecule has 3 N–H and O–H groups in total. The SMILES string of the molecule is CC(C)c1ccc2ccnc(NN)c2c1. The quantitative estimate of drug-likeness (QED) is 0.580. The Morgan fingerprint density at radius 1 is 1.27 bits per heavy atom. The number of nitrogen functional groups attached to an aromatic ring is 1. The summed E-state index contributed by atoms with van der Waals surface area (Å²) in [4.78, 5) is 4.19. The van der Waals surface area contributed by atoms with E-state index in [1.165, 1.54) is 5.56 Å². The van der Waals surface area contributed by atoms with Gasteiger partial charge in [-0.25, -0.2) is 10.8 Å². The smallest absolute Gasteiger partial charge is 0.147 e. The molecule has 1 aromatic carbocycles. The first-order chi connectivity index (χ1) is 7.22. The number of rotatable bonds is 2. The molecule has 3 heteroatoms. The van der Waals surface area contributed by atoms with E-state index in [0.717, 1.165) is 16.6 Å². The summed E-state index contributed by atoms with van der Waals surface area (Å²) >= 11 is 0. The Bertz CT molecular complexity index is 477. The molecule has 0 spiro atoms. The van der Waals surface area contributed by atoms with Gasteiger partial charge < -0.3 is 5.43 Å². The van der Waals surface area contributed by atoms with Crippen molar-refractivity contribution >= 4 is 16.6 Å². The van der Waals surface area contributed by atoms with E-state index in [9.17, 15) is 0 Å². The molecule has 0 aliphatic rings. The number of hydrogen-bond acceptors (Lipinski definition) is 3. The van der Waals surface area contributed by atoms with E-state index in [0.29, 0.717) is 5.92 Å². The molecule has 0 atom stereocenters. The number of nitrogens with two attached hydrogens (primary N) is 1. The van der Waals surface area contributed by atoms with Gasteiger partial charge in [0.2, 0.25) is 0 Å². The lowest BCUT2D eigenvalue weighted by molar-refractivity contribution is 0.868. The van der Waals surface area contributed by atoms with E-state index in [2.05, 4.69) is 42.5 Å². The minimum absolute atomic E-state index is 0.514. The molecular formula is C12H15N3. The maximum absolute atomic E-state index is 5.43. The molecular weight excluding hydrogens is 186 g/mol. The van der Waals surface area contributed by atoms with Crippen LogP contribution in [0.3, 0.4) is 0 Å². The van der Waals surface area contributed by atoms with Crippen LogP contribution in [0.4, 0.5) is 5.82 Å². The summed E-state index contributed by atoms with van der Waals surface area (Å²) < 4.78 is 0. The zero-order valence-electron chi connectivity index (χ0n) is 8.99. The standard InChI is InChI=1S/C12H15N3/c1-8(2)10-4-3-9-5-6-14-12(15-13)11(9)7-10/h3-8H,13H2,1-2H3,(H,14,15). The summed E-state index contributed by atoms with van der Waals surface area (Å²) in [5, 5.41) is 2.23. The number of anilines is 1. The number of nitrogens with zero attached hydrogens (tertiary/aromatic N) is 1. The lowest BCUT2D eigenvalue weighted by Gasteiger charge is -2.09. The fourth-order valence-electron chi connectivity index (χ4n) is 1.66. The van der Waals surface area contributed by atoms with E-state index in [-0.39, 0.29) is 0 Å². The fourth-order valence-corrected chi connectivity index (χ4v) is 1.66. The number of hydrogen-bond donors (Lipinski definition) is 2. The molecule has 0 saturated carbocycles. The number of hydrazine groups is 1. The average molecular weight is 201 g/mol. The van der Waals surface area contributed by atoms with Gasteiger partial charge in [0.05, 0.1) is 0 Å². The molecule has 1 heterocycles. The number of aromatic nitrogens is 1. The Morgan fingerprint density at radius 3 is 2.73 bits per heavy atom. The molecule has 0 bridgehead atoms. The lowest BCUT2D eigenvalue weighted by Crippen LogP contribution is -2.08. The molecule has 3 nitrogen and oxygen atoms in total. The average Bonchev–Trinajstić information content (AvgIpc) is 2.27. The monoisotopic (exact) mass is 201 g/mol. The van der Waals surface area contributed by atoms with Gasteiger partial charge in [0, 0.05) is 11.6 Å². The number of fused-ring (bicyclic) bond motifs is 1. The van der Waals surface area contributed by atoms with Gasteiger partial charge in [0.25, 0.3) is 0 Å². The summed E-state index contributed by atoms with van der Waals surface area (Å²) in [6.45, 7) is 4.35. The van der Waals surface area contributed by atoms with Gasteiger partial charge in [0.1, 0.15) is 5.82 Å². The molecule has 2 rings (SSSR count). The Balaban J connectivity index is 2.67. The molecule has 15 heavy (non-hydrogen) atoms. The summed E-state index contributed by atoms with van der Waals surface area (Å²) in [7, 11) is 0. The van der Waals surface area contributed by atoms with Crippen molar-refractivity contribution in [3.05, 3.63) is 36.0 Å². The van der Waals surface area contributed by atoms with Crippen LogP contribution < -0.4 is 11.3 Å². The van der Waals surface area contributed by atoms with Gasteiger partial charge in [-0.1, -0.05) is 26.0 Å². The first-order valence-electron chi connectivity index (χ1n) is 5.07. The van der Waals surface area contributed by atoms with Crippen LogP contribution in [-0.2, 0) is 0 Å². The van der Waals surface area contributed by atoms with Crippen LogP contribution in [0.15, 0.2) is 30.5 Å². The van der Waals surface area contributed by atoms with Crippen molar-refractivity contribution in [2.24, 2.45) is 5.84 Å². The van der Waals surface area contributed by atoms with Crippen molar-refractivity contribution < 1.29 is 0 Å². The van der Waals surface area contributed by atoms with E-state index < -0.39 is 0 Å². The lowest BCUT2D eigenvalue weighted by atomic mass is 10.00. The highest BCUT2D eigenvalue weighted by Crippen LogP contribution is 2.24. The molecule has 0 amide bonds. The Morgan fingerprint density at radius 2 is 2.07 bits per heavy atom. The highest BCUT2D eigenvalue weighted by Gasteiger charge is 2.04. The Labute approximate surface area is 89.3 Å². The summed E-state index contributed by atoms with van der Waals surface area (Å²) in [5.74, 6) is 6.68. The number of pyridine rings is 1. The molecule has 0 saturated heterocycles. The van der Waals surface area contributed by atoms with Gasteiger partial charge in [-0.15, -0.1) is 0 Å². The molecule has 0 aliphatic carbocycles. The third-order valence-corrected chi connectivity index (χ3v) is 2.59. The van der Waals surface area contributed by atoms with Crippen molar-refractivity contribution in [3.63, 3.8) is 0 Å². The van der Waals surface area contributed by atoms with Crippen molar-refractivity contribution in [2.75, 3.05) is 5.43 Å². The van der Waals surface area contributed by atoms with Gasteiger partial charge in [-0.3, -0.25) is 0 Å². The maximum Gasteiger partial charge on any atom is 0.147 e. The summed E-state index contributed by atoms with van der Waals surface area (Å²) in [6.07, 6.45) is 1.76. The van der Waals surface area contributed by atoms with Gasteiger partial charge in [-0.05, 0) is 29.0 Å². The molecule has 0 fully saturated rings. The molecule has 0 radical (unpaired) electrons. The highest BCUT2D eigenvalue weighted by atomic mass is 15.2. The van der Waals surface area contributed by atoms with Crippen molar-refractivity contribution in [3.8, 4) is 0 Å². The molecule has 2 aromatic rings. The summed E-state index contributed by atoms with van der Waals surface area (Å²) in [5.41, 5.74) is 3.92. The van der Waals surface area contributed by atoms with Crippen LogP contribution in [0, 0.1) is 0 Å². The van der Waals surface area contributed by atoms with E-state index >= 15 is 0 Å². The maximum atomic E-state index is 5.43.